The first-order chi connectivity index (χ1) is 7.22. The molecule has 0 aliphatic carbocycles. The number of aromatic nitrogens is 3. The van der Waals surface area contributed by atoms with Gasteiger partial charge in [0, 0.05) is 19.0 Å². The first-order valence-electron chi connectivity index (χ1n) is 4.95. The third kappa shape index (κ3) is 4.55. The van der Waals surface area contributed by atoms with E-state index < -0.39 is 0 Å². The summed E-state index contributed by atoms with van der Waals surface area (Å²) in [7, 11) is 0. The Bertz CT molecular complexity index is 286. The number of aliphatic hydroxyl groups excluding tert-OH is 1. The van der Waals surface area contributed by atoms with Gasteiger partial charge < -0.3 is 10.4 Å². The van der Waals surface area contributed by atoms with E-state index in [1.165, 1.54) is 6.33 Å². The van der Waals surface area contributed by atoms with E-state index >= 15 is 0 Å². The van der Waals surface area contributed by atoms with Crippen LogP contribution in [0.3, 0.4) is 0 Å². The number of amides is 1. The highest BCUT2D eigenvalue weighted by Crippen LogP contribution is 1.94. The Morgan fingerprint density at radius 2 is 2.47 bits per heavy atom. The van der Waals surface area contributed by atoms with Gasteiger partial charge in [-0.3, -0.25) is 9.48 Å². The van der Waals surface area contributed by atoms with E-state index in [0.717, 1.165) is 0 Å². The van der Waals surface area contributed by atoms with Crippen LogP contribution in [0.2, 0.25) is 0 Å². The molecule has 6 heteroatoms. The van der Waals surface area contributed by atoms with Gasteiger partial charge in [-0.05, 0) is 13.3 Å². The predicted molar refractivity (Wildman–Crippen MR) is 53.9 cm³/mol. The monoisotopic (exact) mass is 212 g/mol. The number of hydrogen-bond acceptors (Lipinski definition) is 4. The number of aryl methyl sites for hydroxylation is 1. The van der Waals surface area contributed by atoms with E-state index in [1.54, 1.807) is 17.9 Å². The molecule has 0 bridgehead atoms. The van der Waals surface area contributed by atoms with Gasteiger partial charge in [0.25, 0.3) is 0 Å². The summed E-state index contributed by atoms with van der Waals surface area (Å²) in [5.41, 5.74) is 0. The fourth-order valence-electron chi connectivity index (χ4n) is 1.14. The van der Waals surface area contributed by atoms with Crippen molar-refractivity contribution in [2.75, 3.05) is 6.61 Å². The highest BCUT2D eigenvalue weighted by atomic mass is 16.3. The standard InChI is InChI=1S/C9H16N4O2/c1-8(5-14)12-9(15)3-2-4-13-7-10-6-11-13/h6-8,14H,2-5H2,1H3,(H,12,15). The molecule has 0 radical (unpaired) electrons. The molecule has 6 nitrogen and oxygen atoms in total. The van der Waals surface area contributed by atoms with Crippen LogP contribution < -0.4 is 5.32 Å². The van der Waals surface area contributed by atoms with Crippen LogP contribution in [0.15, 0.2) is 12.7 Å². The summed E-state index contributed by atoms with van der Waals surface area (Å²) in [6.45, 7) is 2.41. The summed E-state index contributed by atoms with van der Waals surface area (Å²) in [6, 6.07) is -0.177. The highest BCUT2D eigenvalue weighted by Gasteiger charge is 2.05. The number of carbonyl (C=O) groups excluding carboxylic acids is 1. The van der Waals surface area contributed by atoms with Crippen LogP contribution in [-0.2, 0) is 11.3 Å². The second kappa shape index (κ2) is 6.13. The normalized spacial score (nSPS) is 12.4. The van der Waals surface area contributed by atoms with Crippen molar-refractivity contribution in [2.24, 2.45) is 0 Å². The van der Waals surface area contributed by atoms with Crippen molar-refractivity contribution < 1.29 is 9.90 Å². The minimum atomic E-state index is -0.177. The average molecular weight is 212 g/mol. The highest BCUT2D eigenvalue weighted by molar-refractivity contribution is 5.76. The van der Waals surface area contributed by atoms with Gasteiger partial charge in [0.15, 0.2) is 0 Å². The molecule has 1 aromatic rings. The van der Waals surface area contributed by atoms with Crippen LogP contribution in [0.25, 0.3) is 0 Å². The Hall–Kier alpha value is -1.43. The largest absolute Gasteiger partial charge is 0.394 e. The molecule has 1 atom stereocenters. The molecule has 0 aliphatic heterocycles. The molecular weight excluding hydrogens is 196 g/mol. The average Bonchev–Trinajstić information content (AvgIpc) is 2.70. The van der Waals surface area contributed by atoms with E-state index in [2.05, 4.69) is 15.4 Å². The maximum atomic E-state index is 11.3. The predicted octanol–water partition coefficient (Wildman–Crippen LogP) is -0.445. The molecule has 1 amide bonds. The van der Waals surface area contributed by atoms with Crippen LogP contribution in [-0.4, -0.2) is 38.4 Å². The smallest absolute Gasteiger partial charge is 0.220 e. The lowest BCUT2D eigenvalue weighted by atomic mass is 10.2. The molecule has 1 aromatic heterocycles. The summed E-state index contributed by atoms with van der Waals surface area (Å²) in [5, 5.41) is 15.3. The second-order valence-electron chi connectivity index (χ2n) is 3.41. The van der Waals surface area contributed by atoms with Gasteiger partial charge in [0.2, 0.25) is 5.91 Å². The molecule has 0 aromatic carbocycles. The molecule has 1 rings (SSSR count). The fourth-order valence-corrected chi connectivity index (χ4v) is 1.14. The first-order valence-corrected chi connectivity index (χ1v) is 4.95. The molecule has 0 aliphatic rings. The van der Waals surface area contributed by atoms with Crippen LogP contribution in [0.5, 0.6) is 0 Å². The van der Waals surface area contributed by atoms with Gasteiger partial charge in [-0.15, -0.1) is 0 Å². The van der Waals surface area contributed by atoms with Crippen molar-refractivity contribution in [1.82, 2.24) is 20.1 Å². The van der Waals surface area contributed by atoms with Crippen molar-refractivity contribution in [3.05, 3.63) is 12.7 Å². The summed E-state index contributed by atoms with van der Waals surface area (Å²) in [4.78, 5) is 15.1. The molecular formula is C9H16N4O2. The number of nitrogens with zero attached hydrogens (tertiary/aromatic N) is 3. The summed E-state index contributed by atoms with van der Waals surface area (Å²) in [6.07, 6.45) is 4.24. The van der Waals surface area contributed by atoms with Crippen LogP contribution in [0, 0.1) is 0 Å². The summed E-state index contributed by atoms with van der Waals surface area (Å²) in [5.74, 6) is -0.0448. The van der Waals surface area contributed by atoms with Crippen molar-refractivity contribution in [3.8, 4) is 0 Å². The maximum Gasteiger partial charge on any atom is 0.220 e. The lowest BCUT2D eigenvalue weighted by molar-refractivity contribution is -0.122. The number of rotatable bonds is 6. The van der Waals surface area contributed by atoms with Gasteiger partial charge in [-0.25, -0.2) is 4.98 Å². The Morgan fingerprint density at radius 1 is 1.67 bits per heavy atom. The summed E-state index contributed by atoms with van der Waals surface area (Å²) >= 11 is 0. The quantitative estimate of drug-likeness (QED) is 0.669. The molecule has 1 unspecified atom stereocenters. The number of hydrogen-bond donors (Lipinski definition) is 2. The van der Waals surface area contributed by atoms with Gasteiger partial charge in [-0.1, -0.05) is 0 Å². The molecule has 0 spiro atoms. The van der Waals surface area contributed by atoms with E-state index in [9.17, 15) is 4.79 Å². The van der Waals surface area contributed by atoms with Crippen LogP contribution >= 0.6 is 0 Å². The van der Waals surface area contributed by atoms with Crippen molar-refractivity contribution in [1.29, 1.82) is 0 Å². The van der Waals surface area contributed by atoms with Gasteiger partial charge in [-0.2, -0.15) is 5.10 Å². The molecule has 84 valence electrons. The molecule has 0 fully saturated rings. The molecule has 2 N–H and O–H groups in total. The Kier molecular flexibility index (Phi) is 4.76. The minimum absolute atomic E-state index is 0.0329. The van der Waals surface area contributed by atoms with Crippen molar-refractivity contribution >= 4 is 5.91 Å². The zero-order chi connectivity index (χ0) is 11.1. The third-order valence-electron chi connectivity index (χ3n) is 1.94. The Labute approximate surface area is 88.3 Å². The fraction of sp³-hybridized carbons (Fsp3) is 0.667. The van der Waals surface area contributed by atoms with Gasteiger partial charge in [0.1, 0.15) is 12.7 Å². The minimum Gasteiger partial charge on any atom is -0.394 e. The second-order valence-corrected chi connectivity index (χ2v) is 3.41. The summed E-state index contributed by atoms with van der Waals surface area (Å²) < 4.78 is 1.68. The van der Waals surface area contributed by atoms with E-state index in [1.807, 2.05) is 0 Å². The van der Waals surface area contributed by atoms with Crippen LogP contribution in [0.4, 0.5) is 0 Å². The first kappa shape index (κ1) is 11.6. The lowest BCUT2D eigenvalue weighted by Crippen LogP contribution is -2.34. The number of carbonyl (C=O) groups is 1. The SMILES string of the molecule is CC(CO)NC(=O)CCCn1cncn1. The lowest BCUT2D eigenvalue weighted by Gasteiger charge is -2.10. The third-order valence-corrected chi connectivity index (χ3v) is 1.94. The number of nitrogens with one attached hydrogen (secondary N) is 1. The van der Waals surface area contributed by atoms with E-state index in [0.29, 0.717) is 19.4 Å². The van der Waals surface area contributed by atoms with E-state index in [4.69, 9.17) is 5.11 Å². The molecule has 1 heterocycles. The molecule has 15 heavy (non-hydrogen) atoms. The zero-order valence-corrected chi connectivity index (χ0v) is 8.76. The van der Waals surface area contributed by atoms with Crippen LogP contribution in [0.1, 0.15) is 19.8 Å². The molecule has 0 saturated heterocycles. The van der Waals surface area contributed by atoms with Gasteiger partial charge in [0.05, 0.1) is 6.61 Å². The van der Waals surface area contributed by atoms with Gasteiger partial charge >= 0.3 is 0 Å². The topological polar surface area (TPSA) is 80.0 Å². The van der Waals surface area contributed by atoms with E-state index in [-0.39, 0.29) is 18.6 Å². The number of aliphatic hydroxyl groups is 1. The zero-order valence-electron chi connectivity index (χ0n) is 8.76. The van der Waals surface area contributed by atoms with Crippen molar-refractivity contribution in [3.63, 3.8) is 0 Å². The van der Waals surface area contributed by atoms with Crippen molar-refractivity contribution in [2.45, 2.75) is 32.4 Å². The molecule has 0 saturated carbocycles. The Balaban J connectivity index is 2.12. The Morgan fingerprint density at radius 3 is 3.07 bits per heavy atom. The maximum absolute atomic E-state index is 11.3.